The van der Waals surface area contributed by atoms with Gasteiger partial charge >= 0.3 is 0 Å². The monoisotopic (exact) mass is 283 g/mol. The lowest BCUT2D eigenvalue weighted by molar-refractivity contribution is 0.103. The summed E-state index contributed by atoms with van der Waals surface area (Å²) in [6.45, 7) is 1.90. The van der Waals surface area contributed by atoms with E-state index in [1.54, 1.807) is 37.6 Å². The number of ether oxygens (including phenoxy) is 1. The van der Waals surface area contributed by atoms with E-state index in [0.29, 0.717) is 27.8 Å². The molecule has 0 saturated heterocycles. The van der Waals surface area contributed by atoms with E-state index in [-0.39, 0.29) is 5.78 Å². The van der Waals surface area contributed by atoms with Crippen molar-refractivity contribution in [3.8, 4) is 5.75 Å². The number of benzene rings is 2. The minimum absolute atomic E-state index is 0.232. The fourth-order valence-electron chi connectivity index (χ4n) is 2.44. The van der Waals surface area contributed by atoms with Gasteiger partial charge in [-0.2, -0.15) is 0 Å². The third-order valence-electron chi connectivity index (χ3n) is 3.57. The summed E-state index contributed by atoms with van der Waals surface area (Å²) in [5.74, 6) is 0.00184. The summed E-state index contributed by atoms with van der Waals surface area (Å²) in [5, 5.41) is 0.321. The summed E-state index contributed by atoms with van der Waals surface area (Å²) >= 11 is 0. The van der Waals surface area contributed by atoms with Crippen LogP contribution in [-0.2, 0) is 0 Å². The maximum atomic E-state index is 14.0. The first-order valence-corrected chi connectivity index (χ1v) is 6.56. The highest BCUT2D eigenvalue weighted by molar-refractivity contribution is 6.16. The smallest absolute Gasteiger partial charge is 0.195 e. The Morgan fingerprint density at radius 1 is 1.24 bits per heavy atom. The molecule has 0 atom stereocenters. The van der Waals surface area contributed by atoms with Crippen LogP contribution in [0.1, 0.15) is 21.5 Å². The van der Waals surface area contributed by atoms with Crippen LogP contribution in [0.2, 0.25) is 0 Å². The number of aryl methyl sites for hydroxylation is 1. The average Bonchev–Trinajstić information content (AvgIpc) is 2.92. The molecule has 3 rings (SSSR count). The molecule has 0 aliphatic rings. The predicted octanol–water partition coefficient (Wildman–Crippen LogP) is 3.86. The maximum Gasteiger partial charge on any atom is 0.195 e. The van der Waals surface area contributed by atoms with Gasteiger partial charge in [0.2, 0.25) is 0 Å². The molecule has 3 nitrogen and oxygen atoms in total. The van der Waals surface area contributed by atoms with Crippen molar-refractivity contribution in [3.05, 3.63) is 65.1 Å². The first-order valence-electron chi connectivity index (χ1n) is 6.56. The second-order valence-electron chi connectivity index (χ2n) is 4.88. The minimum atomic E-state index is -0.406. The summed E-state index contributed by atoms with van der Waals surface area (Å²) in [4.78, 5) is 15.5. The number of carbonyl (C=O) groups is 1. The highest BCUT2D eigenvalue weighted by Crippen LogP contribution is 2.26. The van der Waals surface area contributed by atoms with Crippen LogP contribution in [0.15, 0.2) is 42.6 Å². The number of methoxy groups -OCH3 is 1. The highest BCUT2D eigenvalue weighted by atomic mass is 19.1. The molecule has 0 aliphatic carbocycles. The van der Waals surface area contributed by atoms with Gasteiger partial charge in [-0.05, 0) is 30.7 Å². The molecule has 0 bridgehead atoms. The number of H-pyrrole nitrogens is 1. The van der Waals surface area contributed by atoms with E-state index in [1.807, 2.05) is 13.0 Å². The second kappa shape index (κ2) is 5.05. The molecule has 4 heteroatoms. The Labute approximate surface area is 121 Å². The molecule has 1 heterocycles. The summed E-state index contributed by atoms with van der Waals surface area (Å²) in [6, 6.07) is 9.92. The number of hydrogen-bond donors (Lipinski definition) is 1. The van der Waals surface area contributed by atoms with Crippen LogP contribution in [0.4, 0.5) is 4.39 Å². The maximum absolute atomic E-state index is 14.0. The van der Waals surface area contributed by atoms with Gasteiger partial charge in [-0.1, -0.05) is 18.2 Å². The van der Waals surface area contributed by atoms with Crippen molar-refractivity contribution in [2.75, 3.05) is 7.11 Å². The molecule has 0 fully saturated rings. The molecular formula is C17H14FNO2. The van der Waals surface area contributed by atoms with Crippen LogP contribution < -0.4 is 4.74 Å². The minimum Gasteiger partial charge on any atom is -0.496 e. The fourth-order valence-corrected chi connectivity index (χ4v) is 2.44. The Morgan fingerprint density at radius 2 is 2.05 bits per heavy atom. The quantitative estimate of drug-likeness (QED) is 0.742. The van der Waals surface area contributed by atoms with Gasteiger partial charge in [-0.15, -0.1) is 0 Å². The highest BCUT2D eigenvalue weighted by Gasteiger charge is 2.17. The molecular weight excluding hydrogens is 269 g/mol. The molecule has 2 aromatic carbocycles. The Balaban J connectivity index is 2.13. The van der Waals surface area contributed by atoms with Gasteiger partial charge in [0.15, 0.2) is 5.78 Å². The summed E-state index contributed by atoms with van der Waals surface area (Å²) in [5.41, 5.74) is 2.35. The van der Waals surface area contributed by atoms with E-state index in [2.05, 4.69) is 4.98 Å². The standard InChI is InChI=1S/C17H14FNO2/c1-10-6-7-11(8-15(10)21-2)17(20)12-9-19-14-5-3-4-13(18)16(12)14/h3-9,19H,1-2H3. The van der Waals surface area contributed by atoms with Gasteiger partial charge in [0, 0.05) is 22.7 Å². The SMILES string of the molecule is COc1cc(C(=O)c2c[nH]c3cccc(F)c23)ccc1C. The first-order chi connectivity index (χ1) is 10.1. The van der Waals surface area contributed by atoms with Crippen molar-refractivity contribution in [1.82, 2.24) is 4.98 Å². The van der Waals surface area contributed by atoms with Crippen LogP contribution in [0.3, 0.4) is 0 Å². The van der Waals surface area contributed by atoms with Crippen LogP contribution >= 0.6 is 0 Å². The van der Waals surface area contributed by atoms with Gasteiger partial charge in [0.25, 0.3) is 0 Å². The Morgan fingerprint density at radius 3 is 2.81 bits per heavy atom. The zero-order valence-corrected chi connectivity index (χ0v) is 11.7. The lowest BCUT2D eigenvalue weighted by atomic mass is 10.0. The number of halogens is 1. The van der Waals surface area contributed by atoms with Crippen molar-refractivity contribution in [3.63, 3.8) is 0 Å². The number of rotatable bonds is 3. The molecule has 106 valence electrons. The second-order valence-corrected chi connectivity index (χ2v) is 4.88. The molecule has 0 radical (unpaired) electrons. The largest absolute Gasteiger partial charge is 0.496 e. The van der Waals surface area contributed by atoms with Gasteiger partial charge in [-0.25, -0.2) is 4.39 Å². The van der Waals surface area contributed by atoms with Crippen LogP contribution in [0.5, 0.6) is 5.75 Å². The predicted molar refractivity (Wildman–Crippen MR) is 79.4 cm³/mol. The first kappa shape index (κ1) is 13.4. The van der Waals surface area contributed by atoms with Crippen molar-refractivity contribution in [1.29, 1.82) is 0 Å². The van der Waals surface area contributed by atoms with Crippen LogP contribution in [-0.4, -0.2) is 17.9 Å². The third-order valence-corrected chi connectivity index (χ3v) is 3.57. The van der Waals surface area contributed by atoms with E-state index in [0.717, 1.165) is 5.56 Å². The van der Waals surface area contributed by atoms with Crippen LogP contribution in [0.25, 0.3) is 10.9 Å². The van der Waals surface area contributed by atoms with Crippen molar-refractivity contribution in [2.24, 2.45) is 0 Å². The van der Waals surface area contributed by atoms with E-state index in [1.165, 1.54) is 6.07 Å². The molecule has 0 aliphatic heterocycles. The summed E-state index contributed by atoms with van der Waals surface area (Å²) in [6.07, 6.45) is 1.54. The number of aromatic amines is 1. The van der Waals surface area contributed by atoms with Crippen LogP contribution in [0, 0.1) is 12.7 Å². The normalized spacial score (nSPS) is 10.8. The molecule has 0 unspecified atom stereocenters. The van der Waals surface area contributed by atoms with E-state index in [4.69, 9.17) is 4.74 Å². The molecule has 3 aromatic rings. The number of nitrogens with one attached hydrogen (secondary N) is 1. The lowest BCUT2D eigenvalue weighted by Gasteiger charge is -2.07. The van der Waals surface area contributed by atoms with E-state index < -0.39 is 5.82 Å². The molecule has 1 aromatic heterocycles. The van der Waals surface area contributed by atoms with Crippen molar-refractivity contribution < 1.29 is 13.9 Å². The van der Waals surface area contributed by atoms with Gasteiger partial charge in [-0.3, -0.25) is 4.79 Å². The number of aromatic nitrogens is 1. The Bertz CT molecular complexity index is 836. The summed E-state index contributed by atoms with van der Waals surface area (Å²) in [7, 11) is 1.56. The molecule has 0 spiro atoms. The number of carbonyl (C=O) groups excluding carboxylic acids is 1. The zero-order valence-electron chi connectivity index (χ0n) is 11.7. The van der Waals surface area contributed by atoms with Gasteiger partial charge < -0.3 is 9.72 Å². The number of fused-ring (bicyclic) bond motifs is 1. The Kier molecular flexibility index (Phi) is 3.22. The third kappa shape index (κ3) is 2.18. The van der Waals surface area contributed by atoms with E-state index in [9.17, 15) is 9.18 Å². The molecule has 1 N–H and O–H groups in total. The van der Waals surface area contributed by atoms with E-state index >= 15 is 0 Å². The van der Waals surface area contributed by atoms with Gasteiger partial charge in [0.05, 0.1) is 12.7 Å². The topological polar surface area (TPSA) is 42.1 Å². The summed E-state index contributed by atoms with van der Waals surface area (Å²) < 4.78 is 19.2. The average molecular weight is 283 g/mol. The lowest BCUT2D eigenvalue weighted by Crippen LogP contribution is -2.02. The van der Waals surface area contributed by atoms with Gasteiger partial charge in [0.1, 0.15) is 11.6 Å². The van der Waals surface area contributed by atoms with Crippen molar-refractivity contribution in [2.45, 2.75) is 6.92 Å². The Hall–Kier alpha value is -2.62. The number of hydrogen-bond acceptors (Lipinski definition) is 2. The fraction of sp³-hybridized carbons (Fsp3) is 0.118. The molecule has 0 saturated carbocycles. The van der Waals surface area contributed by atoms with Crippen molar-refractivity contribution >= 4 is 16.7 Å². The molecule has 21 heavy (non-hydrogen) atoms. The molecule has 0 amide bonds. The number of ketones is 1. The zero-order chi connectivity index (χ0) is 15.0.